The van der Waals surface area contributed by atoms with Crippen LogP contribution in [0.15, 0.2) is 59.1 Å². The van der Waals surface area contributed by atoms with E-state index >= 15 is 0 Å². The highest BCUT2D eigenvalue weighted by molar-refractivity contribution is 6.00. The number of nitrogens with zero attached hydrogens (tertiary/aromatic N) is 2. The van der Waals surface area contributed by atoms with Crippen LogP contribution >= 0.6 is 0 Å². The maximum Gasteiger partial charge on any atom is 0.257 e. The average Bonchev–Trinajstić information content (AvgIpc) is 3.38. The Labute approximate surface area is 177 Å². The molecule has 0 spiro atoms. The van der Waals surface area contributed by atoms with Gasteiger partial charge in [0.25, 0.3) is 5.91 Å². The Morgan fingerprint density at radius 2 is 1.77 bits per heavy atom. The van der Waals surface area contributed by atoms with Gasteiger partial charge in [-0.3, -0.25) is 9.69 Å². The summed E-state index contributed by atoms with van der Waals surface area (Å²) in [5.41, 5.74) is 5.01. The average molecular weight is 402 g/mol. The van der Waals surface area contributed by atoms with Crippen LogP contribution < -0.4 is 5.32 Å². The van der Waals surface area contributed by atoms with E-state index in [2.05, 4.69) is 39.6 Å². The Balaban J connectivity index is 1.28. The van der Waals surface area contributed by atoms with Crippen LogP contribution in [0, 0.1) is 6.92 Å². The lowest BCUT2D eigenvalue weighted by Crippen LogP contribution is -2.51. The lowest BCUT2D eigenvalue weighted by atomic mass is 10.0. The zero-order valence-electron chi connectivity index (χ0n) is 17.3. The summed E-state index contributed by atoms with van der Waals surface area (Å²) in [5, 5.41) is 7.42. The fraction of sp³-hybridized carbons (Fsp3) is 0.360. The van der Waals surface area contributed by atoms with Crippen LogP contribution in [0.1, 0.15) is 40.1 Å². The minimum absolute atomic E-state index is 0.0887. The molecule has 1 aliphatic carbocycles. The van der Waals surface area contributed by atoms with E-state index < -0.39 is 0 Å². The van der Waals surface area contributed by atoms with E-state index in [1.807, 2.05) is 30.3 Å². The summed E-state index contributed by atoms with van der Waals surface area (Å²) in [6.45, 7) is 3.80. The van der Waals surface area contributed by atoms with Gasteiger partial charge in [-0.25, -0.2) is 0 Å². The number of hydrogen-bond donors (Lipinski definition) is 1. The van der Waals surface area contributed by atoms with Gasteiger partial charge in [0, 0.05) is 24.2 Å². The first-order chi connectivity index (χ1) is 14.7. The maximum absolute atomic E-state index is 13.2. The third-order valence-electron chi connectivity index (χ3n) is 6.47. The largest absolute Gasteiger partial charge is 0.360 e. The molecular weight excluding hydrogens is 374 g/mol. The Morgan fingerprint density at radius 1 is 1.07 bits per heavy atom. The number of rotatable bonds is 4. The van der Waals surface area contributed by atoms with Crippen molar-refractivity contribution in [2.45, 2.75) is 44.7 Å². The highest BCUT2D eigenvalue weighted by atomic mass is 16.5. The summed E-state index contributed by atoms with van der Waals surface area (Å²) < 4.78 is 5.38. The molecule has 2 aliphatic rings. The van der Waals surface area contributed by atoms with Crippen molar-refractivity contribution in [3.63, 3.8) is 0 Å². The van der Waals surface area contributed by atoms with Crippen molar-refractivity contribution in [1.29, 1.82) is 0 Å². The molecule has 2 heterocycles. The molecule has 1 amide bonds. The Hall–Kier alpha value is -2.92. The Kier molecular flexibility index (Phi) is 5.13. The van der Waals surface area contributed by atoms with E-state index in [-0.39, 0.29) is 11.9 Å². The molecule has 3 aromatic rings. The zero-order chi connectivity index (χ0) is 20.5. The molecule has 5 rings (SSSR count). The van der Waals surface area contributed by atoms with Crippen LogP contribution in [0.3, 0.4) is 0 Å². The smallest absolute Gasteiger partial charge is 0.257 e. The van der Waals surface area contributed by atoms with Gasteiger partial charge in [0.1, 0.15) is 17.0 Å². The SMILES string of the molecule is Cc1onc(-c2ccccc2)c1C(=O)NC1CCCN(C2Cc3ccccc3C2)C1. The summed E-state index contributed by atoms with van der Waals surface area (Å²) >= 11 is 0. The summed E-state index contributed by atoms with van der Waals surface area (Å²) in [6.07, 6.45) is 4.33. The number of piperidine rings is 1. The highest BCUT2D eigenvalue weighted by Crippen LogP contribution is 2.28. The van der Waals surface area contributed by atoms with Crippen molar-refractivity contribution in [3.8, 4) is 11.3 Å². The molecule has 5 nitrogen and oxygen atoms in total. The van der Waals surface area contributed by atoms with Gasteiger partial charge >= 0.3 is 0 Å². The number of nitrogens with one attached hydrogen (secondary N) is 1. The molecule has 1 N–H and O–H groups in total. The number of aromatic nitrogens is 1. The van der Waals surface area contributed by atoms with Crippen molar-refractivity contribution in [3.05, 3.63) is 77.0 Å². The third kappa shape index (κ3) is 3.65. The molecule has 0 bridgehead atoms. The van der Waals surface area contributed by atoms with Gasteiger partial charge in [-0.2, -0.15) is 0 Å². The molecular formula is C25H27N3O2. The molecule has 1 saturated heterocycles. The first kappa shape index (κ1) is 19.1. The van der Waals surface area contributed by atoms with E-state index in [0.29, 0.717) is 23.1 Å². The minimum Gasteiger partial charge on any atom is -0.360 e. The molecule has 1 unspecified atom stereocenters. The minimum atomic E-state index is -0.0887. The second kappa shape index (κ2) is 8.07. The predicted molar refractivity (Wildman–Crippen MR) is 116 cm³/mol. The number of likely N-dealkylation sites (tertiary alicyclic amines) is 1. The molecule has 2 aromatic carbocycles. The normalized spacial score (nSPS) is 19.6. The Morgan fingerprint density at radius 3 is 2.50 bits per heavy atom. The molecule has 30 heavy (non-hydrogen) atoms. The van der Waals surface area contributed by atoms with Gasteiger partial charge in [-0.05, 0) is 50.3 Å². The highest BCUT2D eigenvalue weighted by Gasteiger charge is 2.32. The van der Waals surface area contributed by atoms with Gasteiger partial charge in [0.05, 0.1) is 0 Å². The summed E-state index contributed by atoms with van der Waals surface area (Å²) in [7, 11) is 0. The number of carbonyl (C=O) groups excluding carboxylic acids is 1. The van der Waals surface area contributed by atoms with E-state index in [0.717, 1.165) is 44.3 Å². The first-order valence-corrected chi connectivity index (χ1v) is 10.8. The molecule has 0 radical (unpaired) electrons. The number of aryl methyl sites for hydroxylation is 1. The molecule has 0 saturated carbocycles. The van der Waals surface area contributed by atoms with Crippen molar-refractivity contribution < 1.29 is 9.32 Å². The van der Waals surface area contributed by atoms with Crippen LogP contribution in [0.25, 0.3) is 11.3 Å². The van der Waals surface area contributed by atoms with Crippen LogP contribution in [0.4, 0.5) is 0 Å². The van der Waals surface area contributed by atoms with Crippen LogP contribution in [-0.4, -0.2) is 41.1 Å². The lowest BCUT2D eigenvalue weighted by Gasteiger charge is -2.37. The van der Waals surface area contributed by atoms with Gasteiger partial charge < -0.3 is 9.84 Å². The second-order valence-corrected chi connectivity index (χ2v) is 8.47. The standard InChI is InChI=1S/C25H27N3O2/c1-17-23(24(27-30-17)18-8-3-2-4-9-18)25(29)26-21-12-7-13-28(16-21)22-14-19-10-5-6-11-20(19)15-22/h2-6,8-11,21-22H,7,12-16H2,1H3,(H,26,29). The molecule has 5 heteroatoms. The van der Waals surface area contributed by atoms with Crippen LogP contribution in [0.2, 0.25) is 0 Å². The lowest BCUT2D eigenvalue weighted by molar-refractivity contribution is 0.0875. The number of hydrogen-bond acceptors (Lipinski definition) is 4. The fourth-order valence-corrected chi connectivity index (χ4v) is 4.94. The van der Waals surface area contributed by atoms with E-state index in [1.54, 1.807) is 6.92 Å². The summed E-state index contributed by atoms with van der Waals surface area (Å²) in [5.74, 6) is 0.472. The monoisotopic (exact) mass is 401 g/mol. The maximum atomic E-state index is 13.2. The molecule has 1 atom stereocenters. The number of benzene rings is 2. The molecule has 1 aromatic heterocycles. The number of fused-ring (bicyclic) bond motifs is 1. The van der Waals surface area contributed by atoms with Crippen molar-refractivity contribution in [2.24, 2.45) is 0 Å². The van der Waals surface area contributed by atoms with E-state index in [1.165, 1.54) is 11.1 Å². The summed E-state index contributed by atoms with van der Waals surface area (Å²) in [6, 6.07) is 19.2. The predicted octanol–water partition coefficient (Wildman–Crippen LogP) is 4.01. The first-order valence-electron chi connectivity index (χ1n) is 10.8. The van der Waals surface area contributed by atoms with Gasteiger partial charge in [-0.15, -0.1) is 0 Å². The van der Waals surface area contributed by atoms with E-state index in [4.69, 9.17) is 4.52 Å². The van der Waals surface area contributed by atoms with Crippen LogP contribution in [-0.2, 0) is 12.8 Å². The number of amides is 1. The van der Waals surface area contributed by atoms with E-state index in [9.17, 15) is 4.79 Å². The molecule has 154 valence electrons. The molecule has 1 aliphatic heterocycles. The van der Waals surface area contributed by atoms with Gasteiger partial charge in [-0.1, -0.05) is 59.8 Å². The third-order valence-corrected chi connectivity index (χ3v) is 6.47. The fourth-order valence-electron chi connectivity index (χ4n) is 4.94. The second-order valence-electron chi connectivity index (χ2n) is 8.47. The van der Waals surface area contributed by atoms with Gasteiger partial charge in [0.15, 0.2) is 0 Å². The van der Waals surface area contributed by atoms with Gasteiger partial charge in [0.2, 0.25) is 0 Å². The Bertz CT molecular complexity index is 1020. The summed E-state index contributed by atoms with van der Waals surface area (Å²) in [4.78, 5) is 15.7. The topological polar surface area (TPSA) is 58.4 Å². The quantitative estimate of drug-likeness (QED) is 0.718. The zero-order valence-corrected chi connectivity index (χ0v) is 17.3. The number of carbonyl (C=O) groups is 1. The van der Waals surface area contributed by atoms with Crippen molar-refractivity contribution in [2.75, 3.05) is 13.1 Å². The van der Waals surface area contributed by atoms with Crippen molar-refractivity contribution in [1.82, 2.24) is 15.4 Å². The van der Waals surface area contributed by atoms with Crippen LogP contribution in [0.5, 0.6) is 0 Å². The molecule has 1 fully saturated rings. The van der Waals surface area contributed by atoms with Crippen molar-refractivity contribution >= 4 is 5.91 Å².